The number of aryl methyl sites for hydroxylation is 1. The molecule has 2 heteroatoms. The van der Waals surface area contributed by atoms with E-state index < -0.39 is 0 Å². The third kappa shape index (κ3) is 8.37. The quantitative estimate of drug-likeness (QED) is 0.515. The van der Waals surface area contributed by atoms with Crippen LogP contribution in [0.2, 0.25) is 0 Å². The number of likely N-dealkylation sites (tertiary alicyclic amines) is 1. The molecule has 1 heterocycles. The van der Waals surface area contributed by atoms with E-state index in [1.807, 2.05) is 13.8 Å². The molecule has 0 spiro atoms. The Morgan fingerprint density at radius 1 is 0.920 bits per heavy atom. The van der Waals surface area contributed by atoms with E-state index in [-0.39, 0.29) is 0 Å². The summed E-state index contributed by atoms with van der Waals surface area (Å²) in [6.45, 7) is 17.0. The fourth-order valence-corrected chi connectivity index (χ4v) is 3.72. The second-order valence-corrected chi connectivity index (χ2v) is 7.24. The van der Waals surface area contributed by atoms with Gasteiger partial charge in [-0.25, -0.2) is 0 Å². The van der Waals surface area contributed by atoms with Gasteiger partial charge in [-0.05, 0) is 64.3 Å². The summed E-state index contributed by atoms with van der Waals surface area (Å²) in [6, 6.07) is 9.86. The molecular formula is C23H42N2. The van der Waals surface area contributed by atoms with Crippen molar-refractivity contribution in [1.82, 2.24) is 9.80 Å². The Morgan fingerprint density at radius 2 is 1.56 bits per heavy atom. The number of hydrogen-bond acceptors (Lipinski definition) is 2. The van der Waals surface area contributed by atoms with Gasteiger partial charge in [0.15, 0.2) is 0 Å². The van der Waals surface area contributed by atoms with E-state index in [1.165, 1.54) is 75.8 Å². The Morgan fingerprint density at radius 3 is 2.12 bits per heavy atom. The van der Waals surface area contributed by atoms with Gasteiger partial charge in [0.05, 0.1) is 0 Å². The first-order valence-electron chi connectivity index (χ1n) is 10.7. The highest BCUT2D eigenvalue weighted by Gasteiger charge is 2.23. The van der Waals surface area contributed by atoms with Crippen LogP contribution < -0.4 is 0 Å². The maximum absolute atomic E-state index is 2.78. The standard InChI is InChI=1S/C21H36N2.C2H6/c1-4-6-7-15-23(14-5-2)21-12-16-22(17-13-21)18-20-10-8-19(3)9-11-20;1-2/h8-11,21H,4-7,12-18H2,1-3H3;1-2H3. The zero-order chi connectivity index (χ0) is 18.5. The molecule has 2 rings (SSSR count). The molecule has 0 unspecified atom stereocenters. The number of unbranched alkanes of at least 4 members (excludes halogenated alkanes) is 2. The maximum Gasteiger partial charge on any atom is 0.0233 e. The number of hydrogen-bond donors (Lipinski definition) is 0. The van der Waals surface area contributed by atoms with E-state index in [0.29, 0.717) is 0 Å². The Labute approximate surface area is 157 Å². The van der Waals surface area contributed by atoms with Crippen LogP contribution in [0.3, 0.4) is 0 Å². The molecular weight excluding hydrogens is 304 g/mol. The van der Waals surface area contributed by atoms with Gasteiger partial charge >= 0.3 is 0 Å². The predicted molar refractivity (Wildman–Crippen MR) is 112 cm³/mol. The first kappa shape index (κ1) is 22.2. The molecule has 0 aliphatic carbocycles. The zero-order valence-electron chi connectivity index (χ0n) is 17.6. The minimum Gasteiger partial charge on any atom is -0.300 e. The molecule has 144 valence electrons. The van der Waals surface area contributed by atoms with Crippen molar-refractivity contribution in [3.63, 3.8) is 0 Å². The Kier molecular flexibility index (Phi) is 11.9. The highest BCUT2D eigenvalue weighted by Crippen LogP contribution is 2.19. The highest BCUT2D eigenvalue weighted by molar-refractivity contribution is 5.21. The van der Waals surface area contributed by atoms with E-state index in [1.54, 1.807) is 0 Å². The van der Waals surface area contributed by atoms with Gasteiger partial charge in [0, 0.05) is 12.6 Å². The summed E-state index contributed by atoms with van der Waals surface area (Å²) >= 11 is 0. The van der Waals surface area contributed by atoms with E-state index in [4.69, 9.17) is 0 Å². The highest BCUT2D eigenvalue weighted by atomic mass is 15.2. The van der Waals surface area contributed by atoms with Crippen LogP contribution in [-0.2, 0) is 6.54 Å². The van der Waals surface area contributed by atoms with E-state index in [2.05, 4.69) is 54.8 Å². The van der Waals surface area contributed by atoms with Crippen LogP contribution in [-0.4, -0.2) is 42.0 Å². The summed E-state index contributed by atoms with van der Waals surface area (Å²) in [5, 5.41) is 0. The lowest BCUT2D eigenvalue weighted by atomic mass is 10.0. The molecule has 0 amide bonds. The molecule has 25 heavy (non-hydrogen) atoms. The van der Waals surface area contributed by atoms with Crippen LogP contribution in [0.1, 0.15) is 77.3 Å². The fraction of sp³-hybridized carbons (Fsp3) is 0.739. The van der Waals surface area contributed by atoms with Crippen molar-refractivity contribution >= 4 is 0 Å². The molecule has 2 nitrogen and oxygen atoms in total. The van der Waals surface area contributed by atoms with E-state index in [0.717, 1.165) is 12.6 Å². The maximum atomic E-state index is 2.78. The van der Waals surface area contributed by atoms with Crippen LogP contribution in [0.5, 0.6) is 0 Å². The normalized spacial score (nSPS) is 15.9. The number of piperidine rings is 1. The third-order valence-electron chi connectivity index (χ3n) is 5.16. The number of rotatable bonds is 9. The topological polar surface area (TPSA) is 6.48 Å². The summed E-state index contributed by atoms with van der Waals surface area (Å²) in [6.07, 6.45) is 8.06. The van der Waals surface area contributed by atoms with Crippen molar-refractivity contribution in [1.29, 1.82) is 0 Å². The molecule has 0 bridgehead atoms. The van der Waals surface area contributed by atoms with Crippen molar-refractivity contribution in [2.75, 3.05) is 26.2 Å². The first-order chi connectivity index (χ1) is 12.2. The molecule has 0 saturated carbocycles. The minimum atomic E-state index is 0.820. The van der Waals surface area contributed by atoms with Gasteiger partial charge in [-0.1, -0.05) is 70.4 Å². The molecule has 1 saturated heterocycles. The van der Waals surface area contributed by atoms with Crippen LogP contribution in [0.4, 0.5) is 0 Å². The average molecular weight is 347 g/mol. The summed E-state index contributed by atoms with van der Waals surface area (Å²) in [7, 11) is 0. The van der Waals surface area contributed by atoms with Crippen molar-refractivity contribution in [3.8, 4) is 0 Å². The van der Waals surface area contributed by atoms with Gasteiger partial charge < -0.3 is 4.90 Å². The molecule has 1 aromatic carbocycles. The molecule has 1 aromatic rings. The smallest absolute Gasteiger partial charge is 0.0233 e. The van der Waals surface area contributed by atoms with Crippen LogP contribution in [0.15, 0.2) is 24.3 Å². The second-order valence-electron chi connectivity index (χ2n) is 7.24. The second kappa shape index (κ2) is 13.4. The lowest BCUT2D eigenvalue weighted by Gasteiger charge is -2.38. The van der Waals surface area contributed by atoms with E-state index >= 15 is 0 Å². The van der Waals surface area contributed by atoms with Crippen molar-refractivity contribution in [2.24, 2.45) is 0 Å². The third-order valence-corrected chi connectivity index (χ3v) is 5.16. The van der Waals surface area contributed by atoms with Gasteiger partial charge in [0.1, 0.15) is 0 Å². The molecule has 0 aromatic heterocycles. The van der Waals surface area contributed by atoms with Crippen LogP contribution in [0, 0.1) is 6.92 Å². The average Bonchev–Trinajstić information content (AvgIpc) is 2.65. The molecule has 0 radical (unpaired) electrons. The fourth-order valence-electron chi connectivity index (χ4n) is 3.72. The largest absolute Gasteiger partial charge is 0.300 e. The Bertz CT molecular complexity index is 418. The van der Waals surface area contributed by atoms with Gasteiger partial charge in [-0.15, -0.1) is 0 Å². The monoisotopic (exact) mass is 346 g/mol. The summed E-state index contributed by atoms with van der Waals surface area (Å²) in [5.74, 6) is 0. The number of benzene rings is 1. The van der Waals surface area contributed by atoms with Crippen molar-refractivity contribution in [3.05, 3.63) is 35.4 Å². The zero-order valence-corrected chi connectivity index (χ0v) is 17.6. The molecule has 1 aliphatic heterocycles. The molecule has 0 atom stereocenters. The lowest BCUT2D eigenvalue weighted by Crippen LogP contribution is -2.45. The molecule has 0 N–H and O–H groups in total. The number of nitrogens with zero attached hydrogens (tertiary/aromatic N) is 2. The first-order valence-corrected chi connectivity index (χ1v) is 10.7. The van der Waals surface area contributed by atoms with Gasteiger partial charge in [-0.2, -0.15) is 0 Å². The predicted octanol–water partition coefficient (Wildman–Crippen LogP) is 5.89. The summed E-state index contributed by atoms with van der Waals surface area (Å²) in [4.78, 5) is 5.41. The van der Waals surface area contributed by atoms with E-state index in [9.17, 15) is 0 Å². The summed E-state index contributed by atoms with van der Waals surface area (Å²) < 4.78 is 0. The van der Waals surface area contributed by atoms with Gasteiger partial charge in [-0.3, -0.25) is 4.90 Å². The van der Waals surface area contributed by atoms with Gasteiger partial charge in [0.25, 0.3) is 0 Å². The Balaban J connectivity index is 0.00000151. The Hall–Kier alpha value is -0.860. The molecule has 1 fully saturated rings. The molecule has 1 aliphatic rings. The minimum absolute atomic E-state index is 0.820. The van der Waals surface area contributed by atoms with Crippen LogP contribution >= 0.6 is 0 Å². The van der Waals surface area contributed by atoms with Crippen molar-refractivity contribution < 1.29 is 0 Å². The summed E-state index contributed by atoms with van der Waals surface area (Å²) in [5.41, 5.74) is 2.82. The van der Waals surface area contributed by atoms with Crippen molar-refractivity contribution in [2.45, 2.75) is 85.7 Å². The van der Waals surface area contributed by atoms with Crippen LogP contribution in [0.25, 0.3) is 0 Å². The SMILES string of the molecule is CC.CCCCCN(CCC)C1CCN(Cc2ccc(C)cc2)CC1. The lowest BCUT2D eigenvalue weighted by molar-refractivity contribution is 0.103. The van der Waals surface area contributed by atoms with Gasteiger partial charge in [0.2, 0.25) is 0 Å².